The normalized spacial score (nSPS) is 25.3. The number of hydrogen-bond donors (Lipinski definition) is 1. The van der Waals surface area contributed by atoms with Crippen LogP contribution in [0.2, 0.25) is 0 Å². The number of nitrogens with one attached hydrogen (secondary N) is 1. The minimum Gasteiger partial charge on any atom is -0.468 e. The van der Waals surface area contributed by atoms with Crippen molar-refractivity contribution >= 4 is 5.97 Å². The van der Waals surface area contributed by atoms with Crippen LogP contribution in [0, 0.1) is 0 Å². The average molecular weight is 176 g/mol. The molecule has 0 amide bonds. The topological polar surface area (TPSA) is 41.6 Å². The Labute approximate surface area is 70.7 Å². The van der Waals surface area contributed by atoms with Gasteiger partial charge < -0.3 is 10.1 Å². The van der Waals surface area contributed by atoms with Crippen LogP contribution in [-0.4, -0.2) is 50.5 Å². The smallest absolute Gasteiger partial charge is 0.324 e. The van der Waals surface area contributed by atoms with Gasteiger partial charge in [0.15, 0.2) is 0 Å². The van der Waals surface area contributed by atoms with Crippen molar-refractivity contribution in [2.45, 2.75) is 6.04 Å². The molecule has 1 rings (SSSR count). The highest BCUT2D eigenvalue weighted by atomic mass is 19.1. The number of hydrogen-bond acceptors (Lipinski definition) is 4. The summed E-state index contributed by atoms with van der Waals surface area (Å²) in [5, 5.41) is 2.95. The van der Waals surface area contributed by atoms with Gasteiger partial charge in [-0.1, -0.05) is 0 Å². The van der Waals surface area contributed by atoms with E-state index in [2.05, 4.69) is 10.1 Å². The highest BCUT2D eigenvalue weighted by molar-refractivity contribution is 5.76. The molecule has 0 spiro atoms. The molecule has 1 heterocycles. The van der Waals surface area contributed by atoms with E-state index in [0.29, 0.717) is 19.6 Å². The first-order chi connectivity index (χ1) is 5.77. The Balaban J connectivity index is 2.40. The Morgan fingerprint density at radius 1 is 1.83 bits per heavy atom. The maximum atomic E-state index is 12.2. The molecule has 4 nitrogen and oxygen atoms in total. The van der Waals surface area contributed by atoms with Gasteiger partial charge in [-0.2, -0.15) is 0 Å². The molecule has 12 heavy (non-hydrogen) atoms. The quantitative estimate of drug-likeness (QED) is 0.449. The summed E-state index contributed by atoms with van der Waals surface area (Å²) >= 11 is 0. The molecule has 5 heteroatoms. The summed E-state index contributed by atoms with van der Waals surface area (Å²) in [5.41, 5.74) is 0. The van der Waals surface area contributed by atoms with Crippen LogP contribution in [0.15, 0.2) is 0 Å². The summed E-state index contributed by atoms with van der Waals surface area (Å²) in [5.74, 6) is -0.326. The molecular formula is C7H13FN2O2. The van der Waals surface area contributed by atoms with Gasteiger partial charge >= 0.3 is 5.97 Å². The third-order valence-electron chi connectivity index (χ3n) is 1.91. The zero-order valence-electron chi connectivity index (χ0n) is 7.05. The predicted molar refractivity (Wildman–Crippen MR) is 41.4 cm³/mol. The zero-order chi connectivity index (χ0) is 8.97. The van der Waals surface area contributed by atoms with E-state index in [9.17, 15) is 9.18 Å². The maximum absolute atomic E-state index is 12.2. The molecule has 0 bridgehead atoms. The molecule has 70 valence electrons. The number of ether oxygens (including phenoxy) is 1. The van der Waals surface area contributed by atoms with Gasteiger partial charge in [0.25, 0.3) is 0 Å². The Morgan fingerprint density at radius 3 is 3.17 bits per heavy atom. The van der Waals surface area contributed by atoms with E-state index in [0.717, 1.165) is 0 Å². The molecule has 1 saturated heterocycles. The Bertz CT molecular complexity index is 165. The summed E-state index contributed by atoms with van der Waals surface area (Å²) in [4.78, 5) is 12.6. The first-order valence-electron chi connectivity index (χ1n) is 3.87. The van der Waals surface area contributed by atoms with E-state index >= 15 is 0 Å². The number of carbonyl (C=O) groups is 1. The van der Waals surface area contributed by atoms with Gasteiger partial charge in [0, 0.05) is 19.6 Å². The van der Waals surface area contributed by atoms with Crippen molar-refractivity contribution in [3.63, 3.8) is 0 Å². The molecule has 1 fully saturated rings. The van der Waals surface area contributed by atoms with Gasteiger partial charge in [-0.3, -0.25) is 9.69 Å². The second-order valence-corrected chi connectivity index (χ2v) is 2.73. The van der Waals surface area contributed by atoms with Crippen molar-refractivity contribution < 1.29 is 13.9 Å². The van der Waals surface area contributed by atoms with E-state index in [4.69, 9.17) is 0 Å². The first kappa shape index (κ1) is 9.41. The molecule has 0 aliphatic carbocycles. The summed E-state index contributed by atoms with van der Waals surface area (Å²) in [6.45, 7) is 1.16. The highest BCUT2D eigenvalue weighted by Crippen LogP contribution is 2.00. The predicted octanol–water partition coefficient (Wildman–Crippen LogP) is -0.640. The van der Waals surface area contributed by atoms with Crippen LogP contribution in [0.25, 0.3) is 0 Å². The van der Waals surface area contributed by atoms with E-state index in [1.165, 1.54) is 7.11 Å². The van der Waals surface area contributed by atoms with Gasteiger partial charge in [-0.05, 0) is 0 Å². The lowest BCUT2D eigenvalue weighted by molar-refractivity contribution is -0.144. The Morgan fingerprint density at radius 2 is 2.58 bits per heavy atom. The van der Waals surface area contributed by atoms with E-state index in [-0.39, 0.29) is 12.0 Å². The summed E-state index contributed by atoms with van der Waals surface area (Å²) in [6.07, 6.45) is 0. The van der Waals surface area contributed by atoms with Crippen LogP contribution < -0.4 is 5.32 Å². The minimum atomic E-state index is -0.505. The van der Waals surface area contributed by atoms with Crippen LogP contribution >= 0.6 is 0 Å². The Kier molecular flexibility index (Phi) is 3.43. The number of halogens is 1. The van der Waals surface area contributed by atoms with Crippen LogP contribution in [0.5, 0.6) is 0 Å². The number of esters is 1. The lowest BCUT2D eigenvalue weighted by Gasteiger charge is -2.29. The number of piperazine rings is 1. The standard InChI is InChI=1S/C7H13FN2O2/c1-12-7(11)6-4-10(5-8)3-2-9-6/h6,9H,2-5H2,1H3. The molecule has 0 aromatic carbocycles. The molecule has 0 aromatic heterocycles. The van der Waals surface area contributed by atoms with Crippen LogP contribution in [0.3, 0.4) is 0 Å². The second-order valence-electron chi connectivity index (χ2n) is 2.73. The van der Waals surface area contributed by atoms with E-state index in [1.54, 1.807) is 4.90 Å². The summed E-state index contributed by atoms with van der Waals surface area (Å²) < 4.78 is 16.7. The van der Waals surface area contributed by atoms with Gasteiger partial charge in [0.1, 0.15) is 12.8 Å². The molecule has 0 radical (unpaired) electrons. The number of methoxy groups -OCH3 is 1. The number of carbonyl (C=O) groups excluding carboxylic acids is 1. The summed E-state index contributed by atoms with van der Waals surface area (Å²) in [7, 11) is 1.33. The van der Waals surface area contributed by atoms with Crippen LogP contribution in [0.4, 0.5) is 4.39 Å². The van der Waals surface area contributed by atoms with Crippen LogP contribution in [0.1, 0.15) is 0 Å². The highest BCUT2D eigenvalue weighted by Gasteiger charge is 2.25. The molecule has 0 aromatic rings. The van der Waals surface area contributed by atoms with Crippen molar-refractivity contribution in [3.05, 3.63) is 0 Å². The molecule has 1 atom stereocenters. The zero-order valence-corrected chi connectivity index (χ0v) is 7.05. The van der Waals surface area contributed by atoms with Gasteiger partial charge in [0.05, 0.1) is 7.11 Å². The molecule has 0 saturated carbocycles. The van der Waals surface area contributed by atoms with Crippen LogP contribution in [-0.2, 0) is 9.53 Å². The van der Waals surface area contributed by atoms with Gasteiger partial charge in [0.2, 0.25) is 0 Å². The van der Waals surface area contributed by atoms with Gasteiger partial charge in [-0.25, -0.2) is 4.39 Å². The number of alkyl halides is 1. The fraction of sp³-hybridized carbons (Fsp3) is 0.857. The van der Waals surface area contributed by atoms with E-state index < -0.39 is 6.80 Å². The summed E-state index contributed by atoms with van der Waals surface area (Å²) in [6, 6.07) is -0.375. The fourth-order valence-corrected chi connectivity index (χ4v) is 1.22. The number of rotatable bonds is 2. The number of nitrogens with zero attached hydrogens (tertiary/aromatic N) is 1. The fourth-order valence-electron chi connectivity index (χ4n) is 1.22. The van der Waals surface area contributed by atoms with Gasteiger partial charge in [-0.15, -0.1) is 0 Å². The monoisotopic (exact) mass is 176 g/mol. The van der Waals surface area contributed by atoms with Crippen molar-refractivity contribution in [1.82, 2.24) is 10.2 Å². The van der Waals surface area contributed by atoms with Crippen molar-refractivity contribution in [2.75, 3.05) is 33.5 Å². The largest absolute Gasteiger partial charge is 0.468 e. The van der Waals surface area contributed by atoms with E-state index in [1.807, 2.05) is 0 Å². The lowest BCUT2D eigenvalue weighted by atomic mass is 10.2. The third kappa shape index (κ3) is 2.15. The average Bonchev–Trinajstić information content (AvgIpc) is 2.17. The second kappa shape index (κ2) is 4.37. The molecule has 1 aliphatic heterocycles. The first-order valence-corrected chi connectivity index (χ1v) is 3.87. The van der Waals surface area contributed by atoms with Crippen molar-refractivity contribution in [3.8, 4) is 0 Å². The molecular weight excluding hydrogens is 163 g/mol. The maximum Gasteiger partial charge on any atom is 0.324 e. The molecule has 1 unspecified atom stereocenters. The SMILES string of the molecule is COC(=O)C1CN(CF)CCN1. The van der Waals surface area contributed by atoms with Crippen molar-refractivity contribution in [1.29, 1.82) is 0 Å². The third-order valence-corrected chi connectivity index (χ3v) is 1.91. The molecule has 1 aliphatic rings. The minimum absolute atomic E-state index is 0.326. The molecule has 1 N–H and O–H groups in total. The Hall–Kier alpha value is -0.680. The van der Waals surface area contributed by atoms with Crippen molar-refractivity contribution in [2.24, 2.45) is 0 Å². The lowest BCUT2D eigenvalue weighted by Crippen LogP contribution is -2.54.